The fraction of sp³-hybridized carbons (Fsp3) is 0.450. The van der Waals surface area contributed by atoms with Crippen molar-refractivity contribution >= 4 is 10.8 Å². The fourth-order valence-electron chi connectivity index (χ4n) is 3.79. The van der Waals surface area contributed by atoms with Crippen molar-refractivity contribution in [2.45, 2.75) is 25.2 Å². The highest BCUT2D eigenvalue weighted by atomic mass is 16.5. The van der Waals surface area contributed by atoms with E-state index >= 15 is 0 Å². The Hall–Kier alpha value is -2.47. The Balaban J connectivity index is 1.23. The zero-order valence-corrected chi connectivity index (χ0v) is 15.2. The van der Waals surface area contributed by atoms with Crippen LogP contribution in [0.5, 0.6) is 5.75 Å². The molecule has 3 aromatic rings. The topological polar surface area (TPSA) is 56.1 Å². The van der Waals surface area contributed by atoms with E-state index in [1.54, 1.807) is 4.68 Å². The molecule has 0 N–H and O–H groups in total. The lowest BCUT2D eigenvalue weighted by Gasteiger charge is -2.31. The number of hydrogen-bond acceptors (Lipinski definition) is 5. The predicted octanol–water partition coefficient (Wildman–Crippen LogP) is 3.01. The molecule has 0 spiro atoms. The number of ether oxygens (including phenoxy) is 1. The van der Waals surface area contributed by atoms with Crippen LogP contribution in [0.2, 0.25) is 0 Å². The summed E-state index contributed by atoms with van der Waals surface area (Å²) in [7, 11) is 1.92. The number of aryl methyl sites for hydroxylation is 1. The molecular weight excluding hydrogens is 326 g/mol. The average Bonchev–Trinajstić information content (AvgIpc) is 3.12. The highest BCUT2D eigenvalue weighted by Gasteiger charge is 2.24. The normalized spacial score (nSPS) is 16.2. The second-order valence-corrected chi connectivity index (χ2v) is 6.96. The van der Waals surface area contributed by atoms with Crippen LogP contribution in [0, 0.1) is 0 Å². The zero-order chi connectivity index (χ0) is 17.8. The molecule has 0 bridgehead atoms. The summed E-state index contributed by atoms with van der Waals surface area (Å²) in [4.78, 5) is 2.52. The van der Waals surface area contributed by atoms with Crippen LogP contribution in [0.3, 0.4) is 0 Å². The van der Waals surface area contributed by atoms with Crippen LogP contribution < -0.4 is 4.74 Å². The van der Waals surface area contributed by atoms with Gasteiger partial charge in [0.2, 0.25) is 0 Å². The molecule has 2 aromatic carbocycles. The van der Waals surface area contributed by atoms with Gasteiger partial charge in [-0.2, -0.15) is 0 Å². The Morgan fingerprint density at radius 1 is 1.08 bits per heavy atom. The average molecular weight is 351 g/mol. The smallest absolute Gasteiger partial charge is 0.154 e. The first-order valence-corrected chi connectivity index (χ1v) is 9.36. The molecule has 6 heteroatoms. The molecule has 2 heterocycles. The number of aromatic nitrogens is 4. The molecule has 0 radical (unpaired) electrons. The number of likely N-dealkylation sites (tertiary alicyclic amines) is 1. The van der Waals surface area contributed by atoms with Gasteiger partial charge in [0.25, 0.3) is 0 Å². The summed E-state index contributed by atoms with van der Waals surface area (Å²) in [6.07, 6.45) is 3.29. The molecule has 0 unspecified atom stereocenters. The highest BCUT2D eigenvalue weighted by Crippen LogP contribution is 2.27. The lowest BCUT2D eigenvalue weighted by molar-refractivity contribution is 0.190. The van der Waals surface area contributed by atoms with Crippen LogP contribution >= 0.6 is 0 Å². The van der Waals surface area contributed by atoms with E-state index in [0.717, 1.165) is 57.1 Å². The molecule has 4 rings (SSSR count). The van der Waals surface area contributed by atoms with Gasteiger partial charge in [0.1, 0.15) is 5.75 Å². The molecule has 0 aliphatic carbocycles. The van der Waals surface area contributed by atoms with Crippen LogP contribution in [0.1, 0.15) is 31.0 Å². The van der Waals surface area contributed by atoms with Crippen LogP contribution in [-0.2, 0) is 7.05 Å². The number of hydrogen-bond donors (Lipinski definition) is 0. The second-order valence-electron chi connectivity index (χ2n) is 6.96. The van der Waals surface area contributed by atoms with Crippen molar-refractivity contribution in [3.8, 4) is 5.75 Å². The minimum absolute atomic E-state index is 0.484. The first-order chi connectivity index (χ1) is 12.8. The summed E-state index contributed by atoms with van der Waals surface area (Å²) >= 11 is 0. The van der Waals surface area contributed by atoms with Gasteiger partial charge < -0.3 is 9.64 Å². The van der Waals surface area contributed by atoms with Gasteiger partial charge in [-0.25, -0.2) is 4.68 Å². The maximum Gasteiger partial charge on any atom is 0.154 e. The molecule has 6 nitrogen and oxygen atoms in total. The summed E-state index contributed by atoms with van der Waals surface area (Å²) in [6.45, 7) is 4.04. The number of nitrogens with zero attached hydrogens (tertiary/aromatic N) is 5. The molecule has 1 aliphatic rings. The Kier molecular flexibility index (Phi) is 5.11. The molecule has 0 amide bonds. The van der Waals surface area contributed by atoms with E-state index in [-0.39, 0.29) is 0 Å². The van der Waals surface area contributed by atoms with Gasteiger partial charge in [-0.1, -0.05) is 36.4 Å². The Bertz CT molecular complexity index is 849. The van der Waals surface area contributed by atoms with Crippen LogP contribution in [-0.4, -0.2) is 51.3 Å². The standard InChI is InChI=1S/C20H25N5O/c1-24-20(21-22-23-24)17-10-13-25(14-11-17)12-5-15-26-19-9-4-7-16-6-2-3-8-18(16)19/h2-4,6-9,17H,5,10-15H2,1H3. The van der Waals surface area contributed by atoms with Crippen molar-refractivity contribution in [3.63, 3.8) is 0 Å². The van der Waals surface area contributed by atoms with Gasteiger partial charge >= 0.3 is 0 Å². The van der Waals surface area contributed by atoms with Gasteiger partial charge in [-0.3, -0.25) is 0 Å². The van der Waals surface area contributed by atoms with Gasteiger partial charge in [0, 0.05) is 24.9 Å². The molecule has 1 saturated heterocycles. The maximum atomic E-state index is 6.05. The van der Waals surface area contributed by atoms with E-state index in [1.807, 2.05) is 7.05 Å². The van der Waals surface area contributed by atoms with E-state index in [0.29, 0.717) is 5.92 Å². The number of benzene rings is 2. The molecular formula is C20H25N5O. The summed E-state index contributed by atoms with van der Waals surface area (Å²) in [5.74, 6) is 2.48. The van der Waals surface area contributed by atoms with Gasteiger partial charge in [0.15, 0.2) is 5.82 Å². The zero-order valence-electron chi connectivity index (χ0n) is 15.2. The monoisotopic (exact) mass is 351 g/mol. The quantitative estimate of drug-likeness (QED) is 0.639. The van der Waals surface area contributed by atoms with E-state index < -0.39 is 0 Å². The van der Waals surface area contributed by atoms with E-state index in [1.165, 1.54) is 10.8 Å². The van der Waals surface area contributed by atoms with Gasteiger partial charge in [-0.05, 0) is 54.2 Å². The molecule has 1 aromatic heterocycles. The van der Waals surface area contributed by atoms with Gasteiger partial charge in [0.05, 0.1) is 6.61 Å². The Morgan fingerprint density at radius 3 is 2.69 bits per heavy atom. The highest BCUT2D eigenvalue weighted by molar-refractivity contribution is 5.88. The summed E-state index contributed by atoms with van der Waals surface area (Å²) in [6, 6.07) is 14.6. The van der Waals surface area contributed by atoms with Crippen molar-refractivity contribution in [1.29, 1.82) is 0 Å². The van der Waals surface area contributed by atoms with Crippen molar-refractivity contribution in [2.75, 3.05) is 26.2 Å². The van der Waals surface area contributed by atoms with Gasteiger partial charge in [-0.15, -0.1) is 5.10 Å². The Morgan fingerprint density at radius 2 is 1.88 bits per heavy atom. The summed E-state index contributed by atoms with van der Waals surface area (Å²) in [5.41, 5.74) is 0. The number of fused-ring (bicyclic) bond motifs is 1. The molecule has 0 saturated carbocycles. The first-order valence-electron chi connectivity index (χ1n) is 9.36. The van der Waals surface area contributed by atoms with E-state index in [2.05, 4.69) is 62.9 Å². The molecule has 136 valence electrons. The van der Waals surface area contributed by atoms with Crippen molar-refractivity contribution in [1.82, 2.24) is 25.1 Å². The molecule has 0 atom stereocenters. The predicted molar refractivity (Wildman–Crippen MR) is 101 cm³/mol. The number of rotatable bonds is 6. The minimum atomic E-state index is 0.484. The third-order valence-corrected chi connectivity index (χ3v) is 5.23. The Labute approximate surface area is 153 Å². The SMILES string of the molecule is Cn1nnnc1C1CCN(CCCOc2cccc3ccccc23)CC1. The molecule has 1 aliphatic heterocycles. The fourth-order valence-corrected chi connectivity index (χ4v) is 3.79. The van der Waals surface area contributed by atoms with Crippen LogP contribution in [0.4, 0.5) is 0 Å². The minimum Gasteiger partial charge on any atom is -0.493 e. The third kappa shape index (κ3) is 3.70. The number of piperidine rings is 1. The molecule has 1 fully saturated rings. The van der Waals surface area contributed by atoms with Crippen molar-refractivity contribution in [2.24, 2.45) is 7.05 Å². The molecule has 26 heavy (non-hydrogen) atoms. The lowest BCUT2D eigenvalue weighted by Crippen LogP contribution is -2.34. The number of tetrazole rings is 1. The largest absolute Gasteiger partial charge is 0.493 e. The first kappa shape index (κ1) is 17.0. The maximum absolute atomic E-state index is 6.05. The van der Waals surface area contributed by atoms with Crippen LogP contribution in [0.15, 0.2) is 42.5 Å². The lowest BCUT2D eigenvalue weighted by atomic mass is 9.96. The van der Waals surface area contributed by atoms with E-state index in [4.69, 9.17) is 4.74 Å². The third-order valence-electron chi connectivity index (χ3n) is 5.23. The van der Waals surface area contributed by atoms with Crippen LogP contribution in [0.25, 0.3) is 10.8 Å². The van der Waals surface area contributed by atoms with Crippen molar-refractivity contribution < 1.29 is 4.74 Å². The summed E-state index contributed by atoms with van der Waals surface area (Å²) < 4.78 is 7.85. The van der Waals surface area contributed by atoms with Crippen molar-refractivity contribution in [3.05, 3.63) is 48.3 Å². The second kappa shape index (κ2) is 7.83. The summed E-state index contributed by atoms with van der Waals surface area (Å²) in [5, 5.41) is 14.3. The van der Waals surface area contributed by atoms with E-state index in [9.17, 15) is 0 Å².